The molecule has 0 aromatic rings. The molecule has 0 saturated carbocycles. The van der Waals surface area contributed by atoms with Crippen molar-refractivity contribution in [2.45, 2.75) is 173 Å². The molecule has 6 N–H and O–H groups in total. The van der Waals surface area contributed by atoms with Crippen molar-refractivity contribution in [2.24, 2.45) is 43.3 Å². The van der Waals surface area contributed by atoms with Gasteiger partial charge in [-0.25, -0.2) is 0 Å². The Balaban J connectivity index is -0.0000000502. The minimum absolute atomic E-state index is 0. The number of carbonyl (C=O) groups excluding carboxylic acids is 2. The van der Waals surface area contributed by atoms with E-state index in [4.69, 9.17) is 18.1 Å². The number of nitrogens with two attached hydrogens (primary N) is 2. The third-order valence-corrected chi connectivity index (χ3v) is 4.83. The summed E-state index contributed by atoms with van der Waals surface area (Å²) in [5.74, 6) is 0. The van der Waals surface area contributed by atoms with Gasteiger partial charge in [0.05, 0.1) is 1.37 Å². The first-order chi connectivity index (χ1) is 22.3. The van der Waals surface area contributed by atoms with Crippen molar-refractivity contribution in [3.05, 3.63) is 34.0 Å². The van der Waals surface area contributed by atoms with E-state index in [0.29, 0.717) is 43.3 Å². The van der Waals surface area contributed by atoms with Crippen molar-refractivity contribution >= 4 is 12.6 Å². The number of aldehydes is 1. The summed E-state index contributed by atoms with van der Waals surface area (Å²) in [5, 5.41) is 17.0. The second kappa shape index (κ2) is 43.1. The van der Waals surface area contributed by atoms with Crippen LogP contribution < -0.4 is 159 Å². The van der Waals surface area contributed by atoms with Gasteiger partial charge in [-0.15, -0.1) is 39.3 Å². The van der Waals surface area contributed by atoms with Crippen LogP contribution in [0.1, 0.15) is 176 Å². The SMILES string of the molecule is CC(C)(C)CNCC(C)(C)C.CC(C)(C)C[N-]CC(C)(C)C.CC(C)(C)C[N-]CC(C)(C)C.CC(C)(C)C[N-]CC(C)(C)C.[3H]C(C)=O.[3H]C([NH-])=O.[K+].[K+].[K+].[NH2-].[NH2-]. The normalized spacial score (nSPS) is 11.9. The summed E-state index contributed by atoms with van der Waals surface area (Å²) < 4.78 is 11.6. The van der Waals surface area contributed by atoms with E-state index in [1.54, 1.807) is 0 Å². The molecule has 0 aliphatic rings. The fourth-order valence-corrected chi connectivity index (χ4v) is 2.99. The number of amides is 1. The number of carbonyl (C=O) groups is 2. The van der Waals surface area contributed by atoms with E-state index in [0.717, 1.165) is 52.4 Å². The predicted octanol–water partition coefficient (Wildman–Crippen LogP) is 5.87. The Bertz CT molecular complexity index is 679. The summed E-state index contributed by atoms with van der Waals surface area (Å²) in [6.07, 6.45) is -1.92. The molecule has 1 amide bonds. The van der Waals surface area contributed by atoms with Gasteiger partial charge < -0.3 is 48.9 Å². The van der Waals surface area contributed by atoms with E-state index in [2.05, 4.69) is 187 Å². The first-order valence-electron chi connectivity index (χ1n) is 19.6. The largest absolute Gasteiger partial charge is 1.00 e. The Morgan fingerprint density at radius 1 is 0.418 bits per heavy atom. The Hall–Kier alpha value is 3.81. The molecule has 9 nitrogen and oxygen atoms in total. The summed E-state index contributed by atoms with van der Waals surface area (Å²) in [6, 6.07) is 0. The van der Waals surface area contributed by atoms with E-state index in [9.17, 15) is 0 Å². The average molecular weight is 868 g/mol. The predicted molar refractivity (Wildman–Crippen MR) is 240 cm³/mol. The molecule has 55 heavy (non-hydrogen) atoms. The monoisotopic (exact) mass is 867 g/mol. The Morgan fingerprint density at radius 2 is 0.527 bits per heavy atom. The van der Waals surface area contributed by atoms with Crippen molar-refractivity contribution in [3.63, 3.8) is 0 Å². The molecule has 0 aromatic heterocycles. The van der Waals surface area contributed by atoms with E-state index in [1.807, 2.05) is 0 Å². The van der Waals surface area contributed by atoms with Crippen molar-refractivity contribution in [3.8, 4) is 0 Å². The van der Waals surface area contributed by atoms with Gasteiger partial charge in [0.1, 0.15) is 7.63 Å². The van der Waals surface area contributed by atoms with Crippen LogP contribution in [-0.4, -0.2) is 65.0 Å². The topological polar surface area (TPSA) is 179 Å². The third-order valence-electron chi connectivity index (χ3n) is 4.83. The number of rotatable bonds is 8. The van der Waals surface area contributed by atoms with Crippen LogP contribution in [0.15, 0.2) is 0 Å². The summed E-state index contributed by atoms with van der Waals surface area (Å²) in [4.78, 5) is 17.9. The van der Waals surface area contributed by atoms with Crippen molar-refractivity contribution < 1.29 is 166 Å². The van der Waals surface area contributed by atoms with Gasteiger partial charge in [0, 0.05) is 19.5 Å². The molecular formula is C43H99K3N7O2-3. The second-order valence-electron chi connectivity index (χ2n) is 23.0. The molecule has 0 fully saturated rings. The number of nitrogens with zero attached hydrogens (tertiary/aromatic N) is 3. The standard InChI is InChI=1S/C10H23N.3C10H22N.C2H4O.CH3NO.3K.2H2N/c4*1-9(2,3)7-11-8-10(4,5)6;1-2-3;2-1-3;;;;;/h11H,7-8H2,1-6H3;3*7-8H2,1-6H3;2H,1H3;1H,(H2,2,3);;;;2*1H2/q;3*-1;;;3*+1;2*-1/p-1/i;;;;2T;1T;;;;;. The van der Waals surface area contributed by atoms with Crippen molar-refractivity contribution in [1.29, 1.82) is 0 Å². The zero-order valence-electron chi connectivity index (χ0n) is 45.0. The van der Waals surface area contributed by atoms with Gasteiger partial charge in [-0.1, -0.05) is 199 Å². The van der Waals surface area contributed by atoms with E-state index in [-0.39, 0.29) is 166 Å². The van der Waals surface area contributed by atoms with Crippen LogP contribution in [0, 0.1) is 43.3 Å². The third kappa shape index (κ3) is 140. The van der Waals surface area contributed by atoms with Crippen LogP contribution in [0.5, 0.6) is 0 Å². The van der Waals surface area contributed by atoms with Crippen LogP contribution >= 0.6 is 0 Å². The van der Waals surface area contributed by atoms with Crippen molar-refractivity contribution in [1.82, 2.24) is 5.32 Å². The van der Waals surface area contributed by atoms with Crippen LogP contribution in [0.4, 0.5) is 0 Å². The van der Waals surface area contributed by atoms with Crippen LogP contribution in [0.3, 0.4) is 0 Å². The summed E-state index contributed by atoms with van der Waals surface area (Å²) in [7, 11) is 0. The summed E-state index contributed by atoms with van der Waals surface area (Å²) in [6.45, 7) is 62.8. The molecule has 0 bridgehead atoms. The summed E-state index contributed by atoms with van der Waals surface area (Å²) >= 11 is 0. The molecule has 0 aliphatic heterocycles. The van der Waals surface area contributed by atoms with Crippen LogP contribution in [0.2, 0.25) is 0 Å². The van der Waals surface area contributed by atoms with Gasteiger partial charge in [0.2, 0.25) is 0 Å². The molecule has 0 heterocycles. The van der Waals surface area contributed by atoms with Gasteiger partial charge in [0.15, 0.2) is 0 Å². The number of nitrogens with one attached hydrogen (secondary N) is 2. The summed E-state index contributed by atoms with van der Waals surface area (Å²) in [5.41, 5.74) is 8.54. The Kier molecular flexibility index (Phi) is 62.0. The molecule has 0 saturated heterocycles. The van der Waals surface area contributed by atoms with Gasteiger partial charge in [0.25, 0.3) is 0 Å². The maximum absolute atomic E-state index is 9.11. The smallest absolute Gasteiger partial charge is 0.693 e. The maximum atomic E-state index is 9.11. The second-order valence-corrected chi connectivity index (χ2v) is 23.0. The molecule has 0 radical (unpaired) electrons. The minimum Gasteiger partial charge on any atom is -0.693 e. The molecule has 12 heteroatoms. The zero-order chi connectivity index (χ0) is 43.6. The maximum Gasteiger partial charge on any atom is 1.00 e. The Morgan fingerprint density at radius 3 is 0.600 bits per heavy atom. The molecule has 324 valence electrons. The molecule has 0 spiro atoms. The van der Waals surface area contributed by atoms with Gasteiger partial charge in [-0.2, -0.15) is 0 Å². The average Bonchev–Trinajstić information content (AvgIpc) is 2.72. The van der Waals surface area contributed by atoms with Gasteiger partial charge >= 0.3 is 154 Å². The number of hydrogen-bond donors (Lipinski definition) is 1. The fourth-order valence-electron chi connectivity index (χ4n) is 2.99. The molecule has 0 rings (SSSR count). The Labute approximate surface area is 479 Å². The van der Waals surface area contributed by atoms with Crippen LogP contribution in [0.25, 0.3) is 34.0 Å². The van der Waals surface area contributed by atoms with Crippen molar-refractivity contribution in [2.75, 3.05) is 52.4 Å². The number of hydrogen-bond acceptors (Lipinski definition) is 3. The molecular weight excluding hydrogens is 764 g/mol. The molecule has 0 atom stereocenters. The molecule has 0 aromatic carbocycles. The molecule has 0 aliphatic carbocycles. The fraction of sp³-hybridized carbons (Fsp3) is 0.953. The van der Waals surface area contributed by atoms with Gasteiger partial charge in [-0.05, 0) is 17.8 Å². The van der Waals surface area contributed by atoms with E-state index >= 15 is 0 Å². The zero-order valence-corrected chi connectivity index (χ0v) is 52.3. The quantitative estimate of drug-likeness (QED) is 0.237. The van der Waals surface area contributed by atoms with E-state index in [1.165, 1.54) is 6.92 Å². The first-order valence-corrected chi connectivity index (χ1v) is 18.6. The van der Waals surface area contributed by atoms with Gasteiger partial charge in [-0.3, -0.25) is 0 Å². The minimum atomic E-state index is -1.33. The van der Waals surface area contributed by atoms with Crippen LogP contribution in [-0.2, 0) is 9.59 Å². The van der Waals surface area contributed by atoms with E-state index < -0.39 is 12.6 Å². The first kappa shape index (κ1) is 79.2. The molecule has 0 unspecified atom stereocenters.